The van der Waals surface area contributed by atoms with Crippen LogP contribution in [0.15, 0.2) is 18.2 Å². The lowest BCUT2D eigenvalue weighted by atomic mass is 9.94. The van der Waals surface area contributed by atoms with Crippen molar-refractivity contribution in [2.75, 3.05) is 25.0 Å². The summed E-state index contributed by atoms with van der Waals surface area (Å²) in [6.07, 6.45) is 4.67. The van der Waals surface area contributed by atoms with Gasteiger partial charge in [-0.2, -0.15) is 0 Å². The van der Waals surface area contributed by atoms with E-state index in [9.17, 15) is 4.79 Å². The van der Waals surface area contributed by atoms with Crippen molar-refractivity contribution in [1.29, 1.82) is 0 Å². The highest BCUT2D eigenvalue weighted by molar-refractivity contribution is 5.96. The summed E-state index contributed by atoms with van der Waals surface area (Å²) in [5.74, 6) is 0.876. The average Bonchev–Trinajstić information content (AvgIpc) is 2.52. The Hall–Kier alpha value is -1.51. The van der Waals surface area contributed by atoms with Crippen LogP contribution in [0.25, 0.3) is 0 Å². The molecule has 1 aliphatic rings. The van der Waals surface area contributed by atoms with E-state index < -0.39 is 0 Å². The molecule has 1 aromatic rings. The third kappa shape index (κ3) is 3.99. The Morgan fingerprint density at radius 1 is 1.38 bits per heavy atom. The average molecular weight is 288 g/mol. The van der Waals surface area contributed by atoms with E-state index in [4.69, 9.17) is 0 Å². The summed E-state index contributed by atoms with van der Waals surface area (Å²) in [5.41, 5.74) is 3.03. The first kappa shape index (κ1) is 15.9. The number of amides is 1. The Labute approximate surface area is 128 Å². The molecule has 3 heteroatoms. The van der Waals surface area contributed by atoms with Crippen molar-refractivity contribution in [3.8, 4) is 0 Å². The van der Waals surface area contributed by atoms with E-state index in [1.54, 1.807) is 0 Å². The van der Waals surface area contributed by atoms with Crippen LogP contribution in [0.4, 0.5) is 5.69 Å². The number of piperidine rings is 1. The fraction of sp³-hybridized carbons (Fsp3) is 0.611. The molecule has 1 unspecified atom stereocenters. The zero-order valence-electron chi connectivity index (χ0n) is 13.6. The lowest BCUT2D eigenvalue weighted by Gasteiger charge is -2.32. The first-order valence-corrected chi connectivity index (χ1v) is 8.29. The molecular formula is C18H28N2O. The molecule has 1 N–H and O–H groups in total. The largest absolute Gasteiger partial charge is 0.385 e. The molecule has 116 valence electrons. The molecule has 21 heavy (non-hydrogen) atoms. The second kappa shape index (κ2) is 7.48. The summed E-state index contributed by atoms with van der Waals surface area (Å²) in [4.78, 5) is 14.8. The molecule has 0 radical (unpaired) electrons. The zero-order valence-corrected chi connectivity index (χ0v) is 13.6. The summed E-state index contributed by atoms with van der Waals surface area (Å²) in [6, 6.07) is 6.09. The van der Waals surface area contributed by atoms with E-state index in [0.29, 0.717) is 5.92 Å². The SMILES string of the molecule is CCCNc1ccc(C(=O)N2CCCC(CC)C2)c(C)c1. The number of hydrogen-bond acceptors (Lipinski definition) is 2. The maximum absolute atomic E-state index is 12.7. The molecule has 1 aromatic carbocycles. The minimum atomic E-state index is 0.202. The zero-order chi connectivity index (χ0) is 15.2. The topological polar surface area (TPSA) is 32.3 Å². The molecule has 1 amide bonds. The number of rotatable bonds is 5. The van der Waals surface area contributed by atoms with Crippen molar-refractivity contribution in [3.05, 3.63) is 29.3 Å². The fourth-order valence-electron chi connectivity index (χ4n) is 3.04. The van der Waals surface area contributed by atoms with E-state index in [2.05, 4.69) is 25.2 Å². The maximum Gasteiger partial charge on any atom is 0.254 e. The first-order valence-electron chi connectivity index (χ1n) is 8.29. The molecular weight excluding hydrogens is 260 g/mol. The van der Waals surface area contributed by atoms with Gasteiger partial charge in [0.15, 0.2) is 0 Å². The molecule has 1 heterocycles. The highest BCUT2D eigenvalue weighted by Crippen LogP contribution is 2.23. The van der Waals surface area contributed by atoms with Crippen molar-refractivity contribution < 1.29 is 4.79 Å². The van der Waals surface area contributed by atoms with Gasteiger partial charge in [-0.3, -0.25) is 4.79 Å². The monoisotopic (exact) mass is 288 g/mol. The maximum atomic E-state index is 12.7. The first-order chi connectivity index (χ1) is 10.2. The summed E-state index contributed by atoms with van der Waals surface area (Å²) < 4.78 is 0. The highest BCUT2D eigenvalue weighted by atomic mass is 16.2. The lowest BCUT2D eigenvalue weighted by molar-refractivity contribution is 0.0670. The van der Waals surface area contributed by atoms with Gasteiger partial charge in [-0.05, 0) is 55.9 Å². The lowest BCUT2D eigenvalue weighted by Crippen LogP contribution is -2.40. The van der Waals surface area contributed by atoms with Crippen LogP contribution < -0.4 is 5.32 Å². The standard InChI is InChI=1S/C18H28N2O/c1-4-10-19-16-8-9-17(14(3)12-16)18(21)20-11-6-7-15(5-2)13-20/h8-9,12,15,19H,4-7,10-11,13H2,1-3H3. The number of likely N-dealkylation sites (tertiary alicyclic amines) is 1. The van der Waals surface area contributed by atoms with Gasteiger partial charge in [0.25, 0.3) is 5.91 Å². The van der Waals surface area contributed by atoms with E-state index in [1.807, 2.05) is 24.0 Å². The molecule has 0 aromatic heterocycles. The molecule has 0 spiro atoms. The van der Waals surface area contributed by atoms with E-state index in [1.165, 1.54) is 12.8 Å². The van der Waals surface area contributed by atoms with Crippen LogP contribution in [0.5, 0.6) is 0 Å². The number of aryl methyl sites for hydroxylation is 1. The predicted octanol–water partition coefficient (Wildman–Crippen LogP) is 4.08. The third-order valence-electron chi connectivity index (χ3n) is 4.42. The van der Waals surface area contributed by atoms with Gasteiger partial charge in [0, 0.05) is 30.9 Å². The van der Waals surface area contributed by atoms with Crippen LogP contribution in [-0.4, -0.2) is 30.4 Å². The van der Waals surface area contributed by atoms with Gasteiger partial charge in [-0.15, -0.1) is 0 Å². The van der Waals surface area contributed by atoms with Crippen LogP contribution >= 0.6 is 0 Å². The molecule has 2 rings (SSSR count). The van der Waals surface area contributed by atoms with E-state index >= 15 is 0 Å². The number of hydrogen-bond donors (Lipinski definition) is 1. The number of anilines is 1. The second-order valence-electron chi connectivity index (χ2n) is 6.12. The Kier molecular flexibility index (Phi) is 5.66. The third-order valence-corrected chi connectivity index (χ3v) is 4.42. The van der Waals surface area contributed by atoms with Gasteiger partial charge in [-0.1, -0.05) is 20.3 Å². The molecule has 1 aliphatic heterocycles. The van der Waals surface area contributed by atoms with Gasteiger partial charge in [-0.25, -0.2) is 0 Å². The number of nitrogens with one attached hydrogen (secondary N) is 1. The summed E-state index contributed by atoms with van der Waals surface area (Å²) in [6.45, 7) is 9.20. The van der Waals surface area contributed by atoms with Gasteiger partial charge >= 0.3 is 0 Å². The van der Waals surface area contributed by atoms with E-state index in [0.717, 1.165) is 49.3 Å². The molecule has 1 saturated heterocycles. The molecule has 1 fully saturated rings. The Morgan fingerprint density at radius 3 is 2.86 bits per heavy atom. The van der Waals surface area contributed by atoms with Crippen LogP contribution in [0.3, 0.4) is 0 Å². The van der Waals surface area contributed by atoms with Crippen molar-refractivity contribution in [2.24, 2.45) is 5.92 Å². The Bertz CT molecular complexity index is 484. The molecule has 3 nitrogen and oxygen atoms in total. The van der Waals surface area contributed by atoms with Gasteiger partial charge in [0.05, 0.1) is 0 Å². The second-order valence-corrected chi connectivity index (χ2v) is 6.12. The molecule has 0 aliphatic carbocycles. The predicted molar refractivity (Wildman–Crippen MR) is 88.9 cm³/mol. The molecule has 0 bridgehead atoms. The van der Waals surface area contributed by atoms with Crippen molar-refractivity contribution in [3.63, 3.8) is 0 Å². The minimum absolute atomic E-state index is 0.202. The summed E-state index contributed by atoms with van der Waals surface area (Å²) in [5, 5.41) is 3.37. The van der Waals surface area contributed by atoms with Crippen molar-refractivity contribution in [1.82, 2.24) is 4.90 Å². The van der Waals surface area contributed by atoms with Crippen LogP contribution in [0.2, 0.25) is 0 Å². The Balaban J connectivity index is 2.08. The smallest absolute Gasteiger partial charge is 0.254 e. The summed E-state index contributed by atoms with van der Waals surface area (Å²) >= 11 is 0. The summed E-state index contributed by atoms with van der Waals surface area (Å²) in [7, 11) is 0. The van der Waals surface area contributed by atoms with Crippen LogP contribution in [-0.2, 0) is 0 Å². The fourth-order valence-corrected chi connectivity index (χ4v) is 3.04. The van der Waals surface area contributed by atoms with Crippen molar-refractivity contribution >= 4 is 11.6 Å². The number of carbonyl (C=O) groups excluding carboxylic acids is 1. The van der Waals surface area contributed by atoms with Gasteiger partial charge in [0.1, 0.15) is 0 Å². The van der Waals surface area contributed by atoms with Gasteiger partial charge in [0.2, 0.25) is 0 Å². The highest BCUT2D eigenvalue weighted by Gasteiger charge is 2.24. The van der Waals surface area contributed by atoms with Gasteiger partial charge < -0.3 is 10.2 Å². The molecule has 1 atom stereocenters. The quantitative estimate of drug-likeness (QED) is 0.885. The molecule has 0 saturated carbocycles. The Morgan fingerprint density at radius 2 is 2.19 bits per heavy atom. The van der Waals surface area contributed by atoms with Crippen molar-refractivity contribution in [2.45, 2.75) is 46.5 Å². The van der Waals surface area contributed by atoms with Crippen LogP contribution in [0, 0.1) is 12.8 Å². The number of nitrogens with zero attached hydrogens (tertiary/aromatic N) is 1. The number of benzene rings is 1. The van der Waals surface area contributed by atoms with Crippen LogP contribution in [0.1, 0.15) is 55.5 Å². The van der Waals surface area contributed by atoms with E-state index in [-0.39, 0.29) is 5.91 Å². The number of carbonyl (C=O) groups is 1. The normalized spacial score (nSPS) is 18.6. The minimum Gasteiger partial charge on any atom is -0.385 e.